The number of anilines is 1. The first-order valence-electron chi connectivity index (χ1n) is 7.79. The van der Waals surface area contributed by atoms with Crippen molar-refractivity contribution in [3.05, 3.63) is 53.0 Å². The summed E-state index contributed by atoms with van der Waals surface area (Å²) in [4.78, 5) is 12.1. The van der Waals surface area contributed by atoms with Crippen LogP contribution in [0, 0.1) is 0 Å². The minimum Gasteiger partial charge on any atom is -0.497 e. The topological polar surface area (TPSA) is 69.0 Å². The van der Waals surface area contributed by atoms with Gasteiger partial charge >= 0.3 is 0 Å². The molecular weight excluding hydrogens is 416 g/mol. The maximum atomic E-state index is 12.1. The maximum Gasteiger partial charge on any atom is 0.234 e. The number of carbonyl (C=O) groups excluding carboxylic acids is 1. The number of halogens is 1. The van der Waals surface area contributed by atoms with E-state index in [1.807, 2.05) is 35.9 Å². The molecule has 0 radical (unpaired) electrons. The number of methoxy groups -OCH3 is 1. The molecule has 1 heterocycles. The lowest BCUT2D eigenvalue weighted by Crippen LogP contribution is -2.14. The number of carbonyl (C=O) groups is 1. The number of amides is 1. The Morgan fingerprint density at radius 1 is 1.23 bits per heavy atom. The number of nitrogens with zero attached hydrogens (tertiary/aromatic N) is 3. The van der Waals surface area contributed by atoms with Crippen molar-refractivity contribution in [2.24, 2.45) is 7.05 Å². The Kier molecular flexibility index (Phi) is 5.95. The molecule has 0 atom stereocenters. The molecule has 0 aliphatic rings. The molecule has 134 valence electrons. The van der Waals surface area contributed by atoms with Gasteiger partial charge in [0.2, 0.25) is 5.91 Å². The molecule has 0 spiro atoms. The quantitative estimate of drug-likeness (QED) is 0.596. The van der Waals surface area contributed by atoms with Gasteiger partial charge in [0, 0.05) is 22.8 Å². The zero-order valence-electron chi connectivity index (χ0n) is 14.3. The fourth-order valence-electron chi connectivity index (χ4n) is 2.32. The highest BCUT2D eigenvalue weighted by Gasteiger charge is 2.13. The van der Waals surface area contributed by atoms with Crippen LogP contribution in [0.4, 0.5) is 5.69 Å². The van der Waals surface area contributed by atoms with Crippen LogP contribution in [-0.4, -0.2) is 33.5 Å². The van der Waals surface area contributed by atoms with Gasteiger partial charge < -0.3 is 14.6 Å². The third-order valence-electron chi connectivity index (χ3n) is 3.62. The molecule has 8 heteroatoms. The Hall–Kier alpha value is -2.32. The molecule has 1 N–H and O–H groups in total. The first-order valence-corrected chi connectivity index (χ1v) is 9.56. The van der Waals surface area contributed by atoms with E-state index in [1.54, 1.807) is 31.4 Å². The second-order valence-corrected chi connectivity index (χ2v) is 7.30. The summed E-state index contributed by atoms with van der Waals surface area (Å²) in [6, 6.07) is 15.1. The van der Waals surface area contributed by atoms with E-state index in [0.717, 1.165) is 27.3 Å². The Morgan fingerprint density at radius 2 is 2.00 bits per heavy atom. The van der Waals surface area contributed by atoms with Gasteiger partial charge in [0.1, 0.15) is 5.75 Å². The number of hydrogen-bond acceptors (Lipinski definition) is 5. The van der Waals surface area contributed by atoms with Crippen molar-refractivity contribution in [2.45, 2.75) is 5.16 Å². The normalized spacial score (nSPS) is 10.6. The highest BCUT2D eigenvalue weighted by molar-refractivity contribution is 9.10. The summed E-state index contributed by atoms with van der Waals surface area (Å²) in [5.41, 5.74) is 1.69. The second-order valence-electron chi connectivity index (χ2n) is 5.44. The van der Waals surface area contributed by atoms with Crippen LogP contribution in [0.25, 0.3) is 11.4 Å². The summed E-state index contributed by atoms with van der Waals surface area (Å²) < 4.78 is 7.96. The van der Waals surface area contributed by atoms with E-state index in [9.17, 15) is 4.79 Å². The highest BCUT2D eigenvalue weighted by Crippen LogP contribution is 2.25. The van der Waals surface area contributed by atoms with E-state index in [4.69, 9.17) is 4.74 Å². The van der Waals surface area contributed by atoms with Gasteiger partial charge in [-0.2, -0.15) is 0 Å². The van der Waals surface area contributed by atoms with E-state index in [2.05, 4.69) is 31.4 Å². The van der Waals surface area contributed by atoms with E-state index in [0.29, 0.717) is 5.16 Å². The van der Waals surface area contributed by atoms with Gasteiger partial charge in [-0.1, -0.05) is 39.8 Å². The van der Waals surface area contributed by atoms with Crippen LogP contribution in [0.3, 0.4) is 0 Å². The molecule has 0 aliphatic heterocycles. The molecule has 0 aliphatic carbocycles. The van der Waals surface area contributed by atoms with Crippen molar-refractivity contribution in [1.82, 2.24) is 14.8 Å². The molecule has 1 amide bonds. The second kappa shape index (κ2) is 8.37. The van der Waals surface area contributed by atoms with Gasteiger partial charge in [-0.15, -0.1) is 10.2 Å². The summed E-state index contributed by atoms with van der Waals surface area (Å²) >= 11 is 4.80. The Balaban J connectivity index is 1.61. The lowest BCUT2D eigenvalue weighted by molar-refractivity contribution is -0.113. The van der Waals surface area contributed by atoms with Gasteiger partial charge in [0.15, 0.2) is 11.0 Å². The molecule has 3 rings (SSSR count). The lowest BCUT2D eigenvalue weighted by Gasteiger charge is -2.06. The predicted octanol–water partition coefficient (Wildman–Crippen LogP) is 3.98. The average molecular weight is 433 g/mol. The Morgan fingerprint density at radius 3 is 2.69 bits per heavy atom. The molecular formula is C18H17BrN4O2S. The van der Waals surface area contributed by atoms with Crippen molar-refractivity contribution in [2.75, 3.05) is 18.2 Å². The maximum absolute atomic E-state index is 12.1. The van der Waals surface area contributed by atoms with Gasteiger partial charge in [-0.05, 0) is 36.4 Å². The minimum atomic E-state index is -0.104. The van der Waals surface area contributed by atoms with Crippen LogP contribution in [0.5, 0.6) is 5.75 Å². The number of benzene rings is 2. The van der Waals surface area contributed by atoms with Gasteiger partial charge in [-0.25, -0.2) is 0 Å². The molecule has 26 heavy (non-hydrogen) atoms. The standard InChI is InChI=1S/C18H17BrN4O2S/c1-23-17(12-4-3-5-13(19)10-12)21-22-18(23)26-11-16(24)20-14-6-8-15(25-2)9-7-14/h3-10H,11H2,1-2H3,(H,20,24). The van der Waals surface area contributed by atoms with Crippen molar-refractivity contribution in [3.63, 3.8) is 0 Å². The summed E-state index contributed by atoms with van der Waals surface area (Å²) in [5.74, 6) is 1.64. The van der Waals surface area contributed by atoms with Crippen molar-refractivity contribution in [3.8, 4) is 17.1 Å². The minimum absolute atomic E-state index is 0.104. The summed E-state index contributed by atoms with van der Waals surface area (Å²) in [5, 5.41) is 12.0. The summed E-state index contributed by atoms with van der Waals surface area (Å²) in [6.45, 7) is 0. The fraction of sp³-hybridized carbons (Fsp3) is 0.167. The molecule has 0 saturated carbocycles. The van der Waals surface area contributed by atoms with Crippen molar-refractivity contribution < 1.29 is 9.53 Å². The van der Waals surface area contributed by atoms with Crippen LogP contribution in [0.15, 0.2) is 58.2 Å². The third-order valence-corrected chi connectivity index (χ3v) is 5.14. The van der Waals surface area contributed by atoms with Gasteiger partial charge in [0.05, 0.1) is 12.9 Å². The van der Waals surface area contributed by atoms with Crippen LogP contribution in [-0.2, 0) is 11.8 Å². The Labute approximate surface area is 164 Å². The van der Waals surface area contributed by atoms with Crippen molar-refractivity contribution >= 4 is 39.3 Å². The van der Waals surface area contributed by atoms with Crippen LogP contribution in [0.2, 0.25) is 0 Å². The van der Waals surface area contributed by atoms with E-state index in [-0.39, 0.29) is 11.7 Å². The number of aromatic nitrogens is 3. The van der Waals surface area contributed by atoms with Crippen LogP contribution >= 0.6 is 27.7 Å². The van der Waals surface area contributed by atoms with Gasteiger partial charge in [0.25, 0.3) is 0 Å². The molecule has 0 unspecified atom stereocenters. The average Bonchev–Trinajstić information content (AvgIpc) is 3.01. The lowest BCUT2D eigenvalue weighted by atomic mass is 10.2. The number of ether oxygens (including phenoxy) is 1. The third kappa shape index (κ3) is 4.44. The van der Waals surface area contributed by atoms with Crippen LogP contribution < -0.4 is 10.1 Å². The number of nitrogens with one attached hydrogen (secondary N) is 1. The van der Waals surface area contributed by atoms with E-state index in [1.165, 1.54) is 11.8 Å². The highest BCUT2D eigenvalue weighted by atomic mass is 79.9. The van der Waals surface area contributed by atoms with E-state index < -0.39 is 0 Å². The molecule has 0 saturated heterocycles. The first kappa shape index (κ1) is 18.5. The number of thioether (sulfide) groups is 1. The largest absolute Gasteiger partial charge is 0.497 e. The zero-order valence-corrected chi connectivity index (χ0v) is 16.7. The van der Waals surface area contributed by atoms with Crippen LogP contribution in [0.1, 0.15) is 0 Å². The number of hydrogen-bond donors (Lipinski definition) is 1. The molecule has 0 fully saturated rings. The smallest absolute Gasteiger partial charge is 0.234 e. The monoisotopic (exact) mass is 432 g/mol. The molecule has 6 nitrogen and oxygen atoms in total. The molecule has 0 bridgehead atoms. The predicted molar refractivity (Wildman–Crippen MR) is 106 cm³/mol. The molecule has 3 aromatic rings. The van der Waals surface area contributed by atoms with Crippen molar-refractivity contribution in [1.29, 1.82) is 0 Å². The Bertz CT molecular complexity index is 912. The summed E-state index contributed by atoms with van der Waals surface area (Å²) in [6.07, 6.45) is 0. The van der Waals surface area contributed by atoms with E-state index >= 15 is 0 Å². The summed E-state index contributed by atoms with van der Waals surface area (Å²) in [7, 11) is 3.49. The first-order chi connectivity index (χ1) is 12.6. The zero-order chi connectivity index (χ0) is 18.5. The molecule has 1 aromatic heterocycles. The SMILES string of the molecule is COc1ccc(NC(=O)CSc2nnc(-c3cccc(Br)c3)n2C)cc1. The molecule has 2 aromatic carbocycles. The number of rotatable bonds is 6. The fourth-order valence-corrected chi connectivity index (χ4v) is 3.43. The van der Waals surface area contributed by atoms with Gasteiger partial charge in [-0.3, -0.25) is 4.79 Å².